The average molecular weight is 260 g/mol. The highest BCUT2D eigenvalue weighted by Crippen LogP contribution is 2.16. The molecule has 1 aromatic carbocycles. The van der Waals surface area contributed by atoms with Crippen LogP contribution in [0.4, 0.5) is 0 Å². The van der Waals surface area contributed by atoms with Crippen molar-refractivity contribution < 1.29 is 4.74 Å². The summed E-state index contributed by atoms with van der Waals surface area (Å²) in [5.41, 5.74) is 6.39. The van der Waals surface area contributed by atoms with E-state index in [4.69, 9.17) is 10.5 Å². The molecule has 0 heterocycles. The maximum Gasteiger partial charge on any atom is 0.0989 e. The Morgan fingerprint density at radius 1 is 1.46 bits per heavy atom. The predicted molar refractivity (Wildman–Crippen MR) is 60.6 cm³/mol. The minimum absolute atomic E-state index is 0.330. The van der Waals surface area contributed by atoms with Gasteiger partial charge in [0.15, 0.2) is 0 Å². The Bertz CT molecular complexity index is 303. The smallest absolute Gasteiger partial charge is 0.0989 e. The first-order valence-corrected chi connectivity index (χ1v) is 4.99. The average Bonchev–Trinajstić information content (AvgIpc) is 2.08. The zero-order chi connectivity index (χ0) is 9.68. The highest BCUT2D eigenvalue weighted by Gasteiger charge is 1.98. The van der Waals surface area contributed by atoms with Gasteiger partial charge in [0.05, 0.1) is 18.2 Å². The maximum atomic E-state index is 5.29. The number of halogens is 1. The Hall–Kier alpha value is -0.450. The number of benzene rings is 1. The quantitative estimate of drug-likeness (QED) is 0.843. The lowest BCUT2D eigenvalue weighted by Gasteiger charge is -2.04. The van der Waals surface area contributed by atoms with Crippen LogP contribution in [0.3, 0.4) is 0 Å². The van der Waals surface area contributed by atoms with E-state index in [9.17, 15) is 0 Å². The third-order valence-electron chi connectivity index (χ3n) is 1.46. The molecule has 4 heteroatoms. The van der Waals surface area contributed by atoms with E-state index < -0.39 is 0 Å². The van der Waals surface area contributed by atoms with Gasteiger partial charge in [0.2, 0.25) is 0 Å². The van der Waals surface area contributed by atoms with Crippen molar-refractivity contribution in [2.24, 2.45) is 5.73 Å². The fourth-order valence-corrected chi connectivity index (χ4v) is 1.36. The van der Waals surface area contributed by atoms with E-state index >= 15 is 0 Å². The van der Waals surface area contributed by atoms with Crippen molar-refractivity contribution in [2.75, 3.05) is 6.61 Å². The van der Waals surface area contributed by atoms with Crippen molar-refractivity contribution in [3.05, 3.63) is 34.3 Å². The van der Waals surface area contributed by atoms with Crippen LogP contribution < -0.4 is 5.73 Å². The first-order chi connectivity index (χ1) is 6.20. The normalized spacial score (nSPS) is 9.92. The molecule has 0 saturated carbocycles. The molecule has 0 unspecified atom stereocenters. The highest BCUT2D eigenvalue weighted by atomic mass is 79.9. The molecular weight excluding hydrogens is 250 g/mol. The molecule has 0 spiro atoms. The zero-order valence-corrected chi connectivity index (χ0v) is 9.40. The van der Waals surface area contributed by atoms with E-state index in [1.165, 1.54) is 0 Å². The molecule has 0 fully saturated rings. The lowest BCUT2D eigenvalue weighted by molar-refractivity contribution is 0.158. The fraction of sp³-hybridized carbons (Fsp3) is 0.222. The topological polar surface area (TPSA) is 35.2 Å². The second-order valence-electron chi connectivity index (χ2n) is 2.55. The first kappa shape index (κ1) is 10.6. The van der Waals surface area contributed by atoms with Crippen molar-refractivity contribution in [1.82, 2.24) is 0 Å². The van der Waals surface area contributed by atoms with Gasteiger partial charge in [-0.05, 0) is 11.6 Å². The van der Waals surface area contributed by atoms with E-state index in [0.717, 1.165) is 10.0 Å². The summed E-state index contributed by atoms with van der Waals surface area (Å²) in [5, 5.41) is 0. The predicted octanol–water partition coefficient (Wildman–Crippen LogP) is 2.25. The molecule has 0 aliphatic rings. The summed E-state index contributed by atoms with van der Waals surface area (Å²) in [6.45, 7) is 0.857. The Morgan fingerprint density at radius 3 is 2.77 bits per heavy atom. The number of thiocarbonyl (C=S) groups is 1. The van der Waals surface area contributed by atoms with Crippen LogP contribution in [0.25, 0.3) is 0 Å². The summed E-state index contributed by atoms with van der Waals surface area (Å²) in [5.74, 6) is 0. The van der Waals surface area contributed by atoms with Gasteiger partial charge in [0.25, 0.3) is 0 Å². The SMILES string of the molecule is NC(=S)COCc1ccccc1Br. The lowest BCUT2D eigenvalue weighted by Crippen LogP contribution is -2.15. The van der Waals surface area contributed by atoms with Crippen molar-refractivity contribution in [2.45, 2.75) is 6.61 Å². The van der Waals surface area contributed by atoms with Gasteiger partial charge in [-0.25, -0.2) is 0 Å². The zero-order valence-electron chi connectivity index (χ0n) is 7.00. The van der Waals surface area contributed by atoms with Crippen molar-refractivity contribution in [3.63, 3.8) is 0 Å². The number of nitrogens with two attached hydrogens (primary N) is 1. The monoisotopic (exact) mass is 259 g/mol. The van der Waals surface area contributed by atoms with Crippen molar-refractivity contribution >= 4 is 33.1 Å². The van der Waals surface area contributed by atoms with Crippen LogP contribution in [0.2, 0.25) is 0 Å². The van der Waals surface area contributed by atoms with Gasteiger partial charge in [-0.15, -0.1) is 0 Å². The van der Waals surface area contributed by atoms with Crippen LogP contribution in [0.15, 0.2) is 28.7 Å². The van der Waals surface area contributed by atoms with Gasteiger partial charge in [-0.2, -0.15) is 0 Å². The Labute approximate surface area is 91.2 Å². The summed E-state index contributed by atoms with van der Waals surface area (Å²) in [7, 11) is 0. The summed E-state index contributed by atoms with van der Waals surface area (Å²) < 4.78 is 6.31. The standard InChI is InChI=1S/C9H10BrNOS/c10-8-4-2-1-3-7(8)5-12-6-9(11)13/h1-4H,5-6H2,(H2,11,13). The van der Waals surface area contributed by atoms with Crippen LogP contribution >= 0.6 is 28.1 Å². The first-order valence-electron chi connectivity index (χ1n) is 3.79. The molecule has 0 radical (unpaired) electrons. The van der Waals surface area contributed by atoms with Crippen molar-refractivity contribution in [3.8, 4) is 0 Å². The molecule has 0 bridgehead atoms. The minimum atomic E-state index is 0.330. The fourth-order valence-electron chi connectivity index (χ4n) is 0.877. The molecule has 1 rings (SSSR count). The third kappa shape index (κ3) is 3.85. The third-order valence-corrected chi connectivity index (χ3v) is 2.35. The Balaban J connectivity index is 2.45. The van der Waals surface area contributed by atoms with E-state index in [0.29, 0.717) is 18.2 Å². The second kappa shape index (κ2) is 5.32. The molecule has 2 N–H and O–H groups in total. The van der Waals surface area contributed by atoms with Crippen LogP contribution in [0, 0.1) is 0 Å². The highest BCUT2D eigenvalue weighted by molar-refractivity contribution is 9.10. The van der Waals surface area contributed by atoms with Crippen LogP contribution in [0.5, 0.6) is 0 Å². The number of ether oxygens (including phenoxy) is 1. The van der Waals surface area contributed by atoms with Gasteiger partial charge in [-0.3, -0.25) is 0 Å². The minimum Gasteiger partial charge on any atom is -0.391 e. The number of rotatable bonds is 4. The van der Waals surface area contributed by atoms with E-state index in [1.54, 1.807) is 0 Å². The Kier molecular flexibility index (Phi) is 4.35. The summed E-state index contributed by atoms with van der Waals surface area (Å²) in [4.78, 5) is 0.382. The molecule has 13 heavy (non-hydrogen) atoms. The van der Waals surface area contributed by atoms with Gasteiger partial charge < -0.3 is 10.5 Å². The molecule has 0 aliphatic heterocycles. The van der Waals surface area contributed by atoms with E-state index in [-0.39, 0.29) is 0 Å². The molecule has 0 amide bonds. The van der Waals surface area contributed by atoms with Crippen molar-refractivity contribution in [1.29, 1.82) is 0 Å². The van der Waals surface area contributed by atoms with Crippen LogP contribution in [0.1, 0.15) is 5.56 Å². The molecule has 0 aliphatic carbocycles. The van der Waals surface area contributed by atoms with E-state index in [2.05, 4.69) is 28.1 Å². The van der Waals surface area contributed by atoms with Gasteiger partial charge in [0.1, 0.15) is 0 Å². The summed E-state index contributed by atoms with van der Waals surface area (Å²) >= 11 is 8.10. The largest absolute Gasteiger partial charge is 0.391 e. The van der Waals surface area contributed by atoms with Gasteiger partial charge >= 0.3 is 0 Å². The molecule has 0 saturated heterocycles. The molecule has 70 valence electrons. The lowest BCUT2D eigenvalue weighted by atomic mass is 10.2. The maximum absolute atomic E-state index is 5.29. The van der Waals surface area contributed by atoms with Gasteiger partial charge in [-0.1, -0.05) is 46.3 Å². The molecular formula is C9H10BrNOS. The van der Waals surface area contributed by atoms with Crippen LogP contribution in [-0.2, 0) is 11.3 Å². The molecule has 0 aromatic heterocycles. The number of hydrogen-bond acceptors (Lipinski definition) is 2. The molecule has 1 aromatic rings. The summed E-state index contributed by atoms with van der Waals surface area (Å²) in [6, 6.07) is 7.88. The Morgan fingerprint density at radius 2 is 2.15 bits per heavy atom. The second-order valence-corrected chi connectivity index (χ2v) is 3.93. The van der Waals surface area contributed by atoms with Gasteiger partial charge in [0, 0.05) is 4.47 Å². The molecule has 0 atom stereocenters. The summed E-state index contributed by atoms with van der Waals surface area (Å²) in [6.07, 6.45) is 0. The van der Waals surface area contributed by atoms with Crippen LogP contribution in [-0.4, -0.2) is 11.6 Å². The number of hydrogen-bond donors (Lipinski definition) is 1. The molecule has 2 nitrogen and oxygen atoms in total. The van der Waals surface area contributed by atoms with E-state index in [1.807, 2.05) is 24.3 Å².